The van der Waals surface area contributed by atoms with Crippen LogP contribution in [0.3, 0.4) is 0 Å². The molecule has 1 aromatic heterocycles. The Bertz CT molecular complexity index is 649. The molecule has 4 aliphatic rings. The second-order valence-electron chi connectivity index (χ2n) is 7.28. The van der Waals surface area contributed by atoms with Crippen molar-refractivity contribution >= 4 is 11.3 Å². The molecule has 0 N–H and O–H groups in total. The molecule has 4 fully saturated rings. The van der Waals surface area contributed by atoms with E-state index in [1.54, 1.807) is 11.3 Å². The molecule has 0 amide bonds. The van der Waals surface area contributed by atoms with Gasteiger partial charge in [-0.25, -0.2) is 4.98 Å². The topological polar surface area (TPSA) is 19.4 Å². The van der Waals surface area contributed by atoms with Crippen LogP contribution in [0, 0.1) is 5.92 Å². The third kappa shape index (κ3) is 2.35. The predicted molar refractivity (Wildman–Crippen MR) is 93.6 cm³/mol. The van der Waals surface area contributed by atoms with E-state index in [2.05, 4.69) is 50.5 Å². The average Bonchev–Trinajstić information content (AvgIpc) is 3.26. The number of aromatic nitrogens is 1. The van der Waals surface area contributed by atoms with E-state index in [-0.39, 0.29) is 0 Å². The van der Waals surface area contributed by atoms with Gasteiger partial charge in [0.05, 0.1) is 11.2 Å². The van der Waals surface area contributed by atoms with Crippen LogP contribution in [-0.2, 0) is 6.54 Å². The summed E-state index contributed by atoms with van der Waals surface area (Å²) < 4.78 is 0. The highest BCUT2D eigenvalue weighted by molar-refractivity contribution is 7.07. The van der Waals surface area contributed by atoms with E-state index < -0.39 is 0 Å². The van der Waals surface area contributed by atoms with Crippen LogP contribution in [-0.4, -0.2) is 46.5 Å². The van der Waals surface area contributed by atoms with Gasteiger partial charge in [0.2, 0.25) is 0 Å². The van der Waals surface area contributed by atoms with E-state index >= 15 is 0 Å². The van der Waals surface area contributed by atoms with Crippen LogP contribution in [0.15, 0.2) is 41.2 Å². The molecular weight excluding hydrogens is 302 g/mol. The summed E-state index contributed by atoms with van der Waals surface area (Å²) in [5.41, 5.74) is 4.74. The Morgan fingerprint density at radius 2 is 1.91 bits per heavy atom. The zero-order valence-corrected chi connectivity index (χ0v) is 14.2. The fraction of sp³-hybridized carbons (Fsp3) is 0.526. The van der Waals surface area contributed by atoms with Gasteiger partial charge in [0.1, 0.15) is 0 Å². The molecule has 23 heavy (non-hydrogen) atoms. The van der Waals surface area contributed by atoms with Gasteiger partial charge >= 0.3 is 0 Å². The van der Waals surface area contributed by atoms with E-state index in [1.807, 2.05) is 5.51 Å². The maximum atomic E-state index is 4.54. The fourth-order valence-electron chi connectivity index (χ4n) is 5.24. The van der Waals surface area contributed by atoms with E-state index in [0.717, 1.165) is 18.5 Å². The normalized spacial score (nSPS) is 36.3. The summed E-state index contributed by atoms with van der Waals surface area (Å²) in [5.74, 6) is 1.54. The van der Waals surface area contributed by atoms with Crippen molar-refractivity contribution in [2.45, 2.75) is 37.4 Å². The highest BCUT2D eigenvalue weighted by Gasteiger charge is 2.53. The molecule has 4 heteroatoms. The summed E-state index contributed by atoms with van der Waals surface area (Å²) in [6.45, 7) is 4.82. The maximum Gasteiger partial charge on any atom is 0.0795 e. The predicted octanol–water partition coefficient (Wildman–Crippen LogP) is 3.21. The minimum absolute atomic E-state index is 0.655. The van der Waals surface area contributed by atoms with E-state index in [9.17, 15) is 0 Å². The van der Waals surface area contributed by atoms with E-state index in [0.29, 0.717) is 12.0 Å². The monoisotopic (exact) mass is 325 g/mol. The number of hydrogen-bond acceptors (Lipinski definition) is 4. The van der Waals surface area contributed by atoms with Crippen molar-refractivity contribution in [3.8, 4) is 0 Å². The smallest absolute Gasteiger partial charge is 0.0795 e. The summed E-state index contributed by atoms with van der Waals surface area (Å²) in [6.07, 6.45) is 2.77. The molecule has 2 bridgehead atoms. The molecule has 0 aliphatic carbocycles. The number of hydrogen-bond donors (Lipinski definition) is 0. The molecule has 120 valence electrons. The molecule has 2 aromatic rings. The quantitative estimate of drug-likeness (QED) is 0.864. The lowest BCUT2D eigenvalue weighted by Gasteiger charge is -2.51. The summed E-state index contributed by atoms with van der Waals surface area (Å²) in [4.78, 5) is 10.1. The highest BCUT2D eigenvalue weighted by atomic mass is 32.1. The minimum atomic E-state index is 0.655. The molecule has 0 radical (unpaired) electrons. The number of rotatable bonds is 3. The highest BCUT2D eigenvalue weighted by Crippen LogP contribution is 2.46. The van der Waals surface area contributed by atoms with Crippen LogP contribution >= 0.6 is 11.3 Å². The van der Waals surface area contributed by atoms with Crippen LogP contribution in [0.5, 0.6) is 0 Å². The Morgan fingerprint density at radius 3 is 2.65 bits per heavy atom. The van der Waals surface area contributed by atoms with Gasteiger partial charge in [-0.2, -0.15) is 0 Å². The molecule has 3 atom stereocenters. The number of thiazole rings is 1. The van der Waals surface area contributed by atoms with Gasteiger partial charge in [0, 0.05) is 36.5 Å². The Balaban J connectivity index is 1.49. The first-order chi connectivity index (χ1) is 11.4. The SMILES string of the molecule is c1ccc([C@@H]2CN(Cc3cscn3)[C@@H]3C4CCN(CC4)[C@@H]32)cc1. The Morgan fingerprint density at radius 1 is 1.09 bits per heavy atom. The molecule has 5 heterocycles. The zero-order chi connectivity index (χ0) is 15.2. The molecular formula is C19H23N3S. The second kappa shape index (κ2) is 5.69. The second-order valence-corrected chi connectivity index (χ2v) is 8.00. The molecule has 0 spiro atoms. The van der Waals surface area contributed by atoms with Crippen LogP contribution in [0.25, 0.3) is 0 Å². The van der Waals surface area contributed by atoms with Gasteiger partial charge in [-0.1, -0.05) is 30.3 Å². The number of likely N-dealkylation sites (tertiary alicyclic amines) is 1. The largest absolute Gasteiger partial charge is 0.298 e. The first kappa shape index (κ1) is 14.1. The minimum Gasteiger partial charge on any atom is -0.298 e. The summed E-state index contributed by atoms with van der Waals surface area (Å²) in [6, 6.07) is 12.6. The molecule has 1 aromatic carbocycles. The van der Waals surface area contributed by atoms with Crippen LogP contribution in [0.1, 0.15) is 30.0 Å². The molecule has 3 nitrogen and oxygen atoms in total. The van der Waals surface area contributed by atoms with Gasteiger partial charge in [-0.15, -0.1) is 11.3 Å². The Labute approximate surface area is 142 Å². The van der Waals surface area contributed by atoms with Crippen molar-refractivity contribution in [3.63, 3.8) is 0 Å². The first-order valence-electron chi connectivity index (χ1n) is 8.80. The van der Waals surface area contributed by atoms with Gasteiger partial charge in [0.15, 0.2) is 0 Å². The summed E-state index contributed by atoms with van der Waals surface area (Å²) >= 11 is 1.72. The summed E-state index contributed by atoms with van der Waals surface area (Å²) in [7, 11) is 0. The number of fused-ring (bicyclic) bond motifs is 2. The molecule has 0 unspecified atom stereocenters. The van der Waals surface area contributed by atoms with Gasteiger partial charge < -0.3 is 0 Å². The van der Waals surface area contributed by atoms with Crippen LogP contribution < -0.4 is 0 Å². The Hall–Kier alpha value is -1.23. The molecule has 6 rings (SSSR count). The lowest BCUT2D eigenvalue weighted by molar-refractivity contribution is -0.00893. The maximum absolute atomic E-state index is 4.54. The number of piperidine rings is 3. The third-order valence-corrected chi connectivity index (χ3v) is 6.81. The van der Waals surface area contributed by atoms with Crippen molar-refractivity contribution in [1.82, 2.24) is 14.8 Å². The van der Waals surface area contributed by atoms with Gasteiger partial charge in [0.25, 0.3) is 0 Å². The van der Waals surface area contributed by atoms with Crippen molar-refractivity contribution in [2.24, 2.45) is 5.92 Å². The van der Waals surface area contributed by atoms with Crippen molar-refractivity contribution in [3.05, 3.63) is 52.5 Å². The van der Waals surface area contributed by atoms with E-state index in [4.69, 9.17) is 0 Å². The number of benzene rings is 1. The molecule has 0 saturated carbocycles. The van der Waals surface area contributed by atoms with Crippen LogP contribution in [0.2, 0.25) is 0 Å². The lowest BCUT2D eigenvalue weighted by atomic mass is 9.75. The van der Waals surface area contributed by atoms with Crippen molar-refractivity contribution in [2.75, 3.05) is 19.6 Å². The zero-order valence-electron chi connectivity index (χ0n) is 13.3. The molecule has 4 saturated heterocycles. The van der Waals surface area contributed by atoms with Crippen molar-refractivity contribution in [1.29, 1.82) is 0 Å². The van der Waals surface area contributed by atoms with Gasteiger partial charge in [-0.3, -0.25) is 9.80 Å². The van der Waals surface area contributed by atoms with Crippen molar-refractivity contribution < 1.29 is 0 Å². The lowest BCUT2D eigenvalue weighted by Crippen LogP contribution is -2.59. The molecule has 4 aliphatic heterocycles. The van der Waals surface area contributed by atoms with Gasteiger partial charge in [-0.05, 0) is 37.4 Å². The number of nitrogens with zero attached hydrogens (tertiary/aromatic N) is 3. The Kier molecular flexibility index (Phi) is 3.50. The third-order valence-electron chi connectivity index (χ3n) is 6.17. The average molecular weight is 325 g/mol. The first-order valence-corrected chi connectivity index (χ1v) is 9.74. The van der Waals surface area contributed by atoms with Crippen LogP contribution in [0.4, 0.5) is 0 Å². The fourth-order valence-corrected chi connectivity index (χ4v) is 5.79. The summed E-state index contributed by atoms with van der Waals surface area (Å²) in [5, 5.41) is 2.21. The van der Waals surface area contributed by atoms with E-state index in [1.165, 1.54) is 43.7 Å². The standard InChI is InChI=1S/C19H23N3S/c1-2-4-14(5-3-1)17-11-22(10-16-12-23-13-20-16)18-15-6-8-21(9-7-15)19(17)18/h1-5,12-13,15,17-19H,6-11H2/t17-,18+,19+/m0/s1.